The van der Waals surface area contributed by atoms with E-state index in [1.165, 1.54) is 0 Å². The summed E-state index contributed by atoms with van der Waals surface area (Å²) < 4.78 is 38.5. The van der Waals surface area contributed by atoms with Crippen LogP contribution in [0.25, 0.3) is 0 Å². The molecular formula is C24H28ClF3N4O2. The van der Waals surface area contributed by atoms with E-state index >= 15 is 0 Å². The van der Waals surface area contributed by atoms with Gasteiger partial charge >= 0.3 is 6.18 Å². The third-order valence-corrected chi connectivity index (χ3v) is 5.86. The summed E-state index contributed by atoms with van der Waals surface area (Å²) in [5, 5.41) is 5.74. The summed E-state index contributed by atoms with van der Waals surface area (Å²) in [6.07, 6.45) is -2.21. The van der Waals surface area contributed by atoms with Crippen molar-refractivity contribution in [3.05, 3.63) is 52.7 Å². The molecule has 2 amide bonds. The third-order valence-electron chi connectivity index (χ3n) is 5.59. The normalized spacial score (nSPS) is 14.9. The van der Waals surface area contributed by atoms with Crippen molar-refractivity contribution < 1.29 is 22.8 Å². The number of piperidine rings is 1. The highest BCUT2D eigenvalue weighted by molar-refractivity contribution is 6.33. The van der Waals surface area contributed by atoms with Gasteiger partial charge in [-0.2, -0.15) is 13.2 Å². The number of amides is 2. The molecule has 0 saturated carbocycles. The molecule has 2 N–H and O–H groups in total. The Bertz CT molecular complexity index is 1020. The molecule has 1 aliphatic rings. The number of pyridine rings is 1. The lowest BCUT2D eigenvalue weighted by atomic mass is 9.95. The quantitative estimate of drug-likeness (QED) is 0.547. The van der Waals surface area contributed by atoms with Crippen LogP contribution in [0.2, 0.25) is 5.02 Å². The Morgan fingerprint density at radius 2 is 1.91 bits per heavy atom. The van der Waals surface area contributed by atoms with Crippen LogP contribution in [0.15, 0.2) is 36.5 Å². The summed E-state index contributed by atoms with van der Waals surface area (Å²) in [5.41, 5.74) is 0.666. The van der Waals surface area contributed by atoms with Gasteiger partial charge < -0.3 is 15.5 Å². The number of benzene rings is 1. The Labute approximate surface area is 201 Å². The van der Waals surface area contributed by atoms with E-state index in [9.17, 15) is 22.8 Å². The van der Waals surface area contributed by atoms with E-state index < -0.39 is 11.7 Å². The SMILES string of the molecule is CC(C)CC(=O)Nc1cccc(CNC(=O)C2CCN(c3ncc(C(F)(F)F)cc3Cl)CC2)c1. The van der Waals surface area contributed by atoms with Gasteiger partial charge in [-0.3, -0.25) is 9.59 Å². The summed E-state index contributed by atoms with van der Waals surface area (Å²) in [4.78, 5) is 30.3. The zero-order valence-corrected chi connectivity index (χ0v) is 19.8. The maximum atomic E-state index is 12.8. The number of hydrogen-bond acceptors (Lipinski definition) is 4. The fourth-order valence-electron chi connectivity index (χ4n) is 3.85. The lowest BCUT2D eigenvalue weighted by Crippen LogP contribution is -2.40. The van der Waals surface area contributed by atoms with Crippen LogP contribution in [0.3, 0.4) is 0 Å². The molecule has 1 aromatic carbocycles. The minimum atomic E-state index is -4.50. The molecule has 184 valence electrons. The first-order chi connectivity index (χ1) is 16.0. The predicted octanol–water partition coefficient (Wildman–Crippen LogP) is 5.27. The molecule has 1 aromatic heterocycles. The lowest BCUT2D eigenvalue weighted by Gasteiger charge is -2.32. The number of nitrogens with one attached hydrogen (secondary N) is 2. The summed E-state index contributed by atoms with van der Waals surface area (Å²) in [5.74, 6) is 0.217. The molecule has 34 heavy (non-hydrogen) atoms. The topological polar surface area (TPSA) is 74.3 Å². The number of halogens is 4. The van der Waals surface area contributed by atoms with Crippen molar-refractivity contribution in [2.24, 2.45) is 11.8 Å². The largest absolute Gasteiger partial charge is 0.417 e. The molecule has 6 nitrogen and oxygen atoms in total. The first-order valence-electron chi connectivity index (χ1n) is 11.2. The van der Waals surface area contributed by atoms with Gasteiger partial charge in [-0.1, -0.05) is 37.6 Å². The summed E-state index contributed by atoms with van der Waals surface area (Å²) in [6, 6.07) is 8.21. The van der Waals surface area contributed by atoms with Crippen LogP contribution in [-0.4, -0.2) is 29.9 Å². The summed E-state index contributed by atoms with van der Waals surface area (Å²) >= 11 is 6.04. The van der Waals surface area contributed by atoms with Crippen molar-refractivity contribution >= 4 is 34.9 Å². The summed E-state index contributed by atoms with van der Waals surface area (Å²) in [7, 11) is 0. The van der Waals surface area contributed by atoms with Crippen LogP contribution in [0.4, 0.5) is 24.7 Å². The molecule has 10 heteroatoms. The number of carbonyl (C=O) groups is 2. The predicted molar refractivity (Wildman–Crippen MR) is 126 cm³/mol. The average Bonchev–Trinajstić information content (AvgIpc) is 2.76. The maximum absolute atomic E-state index is 12.8. The molecule has 0 radical (unpaired) electrons. The van der Waals surface area contributed by atoms with Crippen molar-refractivity contribution in [3.63, 3.8) is 0 Å². The Hall–Kier alpha value is -2.81. The first-order valence-corrected chi connectivity index (χ1v) is 11.5. The van der Waals surface area contributed by atoms with Crippen LogP contribution in [-0.2, 0) is 22.3 Å². The fourth-order valence-corrected chi connectivity index (χ4v) is 4.13. The lowest BCUT2D eigenvalue weighted by molar-refractivity contribution is -0.137. The number of aromatic nitrogens is 1. The van der Waals surface area contributed by atoms with E-state index in [2.05, 4.69) is 15.6 Å². The minimum absolute atomic E-state index is 0.0504. The van der Waals surface area contributed by atoms with E-state index in [-0.39, 0.29) is 28.7 Å². The maximum Gasteiger partial charge on any atom is 0.417 e. The smallest absolute Gasteiger partial charge is 0.355 e. The number of nitrogens with zero attached hydrogens (tertiary/aromatic N) is 2. The second-order valence-electron chi connectivity index (χ2n) is 8.85. The van der Waals surface area contributed by atoms with Gasteiger partial charge in [0.05, 0.1) is 10.6 Å². The first kappa shape index (κ1) is 25.8. The van der Waals surface area contributed by atoms with E-state index in [0.29, 0.717) is 50.4 Å². The van der Waals surface area contributed by atoms with Gasteiger partial charge in [0, 0.05) is 43.9 Å². The second-order valence-corrected chi connectivity index (χ2v) is 9.26. The van der Waals surface area contributed by atoms with E-state index in [4.69, 9.17) is 11.6 Å². The third kappa shape index (κ3) is 7.09. The Morgan fingerprint density at radius 3 is 2.53 bits per heavy atom. The van der Waals surface area contributed by atoms with Crippen molar-refractivity contribution in [1.29, 1.82) is 0 Å². The second kappa shape index (κ2) is 11.1. The molecule has 0 spiro atoms. The molecule has 0 unspecified atom stereocenters. The van der Waals surface area contributed by atoms with Crippen molar-refractivity contribution in [2.75, 3.05) is 23.3 Å². The van der Waals surface area contributed by atoms with Crippen molar-refractivity contribution in [1.82, 2.24) is 10.3 Å². The molecule has 1 fully saturated rings. The monoisotopic (exact) mass is 496 g/mol. The zero-order chi connectivity index (χ0) is 24.9. The Kier molecular flexibility index (Phi) is 8.41. The molecule has 1 aliphatic heterocycles. The van der Waals surface area contributed by atoms with Gasteiger partial charge in [-0.05, 0) is 42.5 Å². The standard InChI is InChI=1S/C24H28ClF3N4O2/c1-15(2)10-21(33)31-19-5-3-4-16(11-19)13-30-23(34)17-6-8-32(9-7-17)22-20(25)12-18(14-29-22)24(26,27)28/h3-5,11-12,14-15,17H,6-10,13H2,1-2H3,(H,30,34)(H,31,33). The van der Waals surface area contributed by atoms with E-state index in [1.807, 2.05) is 32.0 Å². The molecule has 2 heterocycles. The van der Waals surface area contributed by atoms with E-state index in [1.54, 1.807) is 11.0 Å². The molecular weight excluding hydrogens is 469 g/mol. The molecule has 0 atom stereocenters. The molecule has 1 saturated heterocycles. The van der Waals surface area contributed by atoms with Crippen LogP contribution in [0.1, 0.15) is 44.2 Å². The van der Waals surface area contributed by atoms with Crippen molar-refractivity contribution in [2.45, 2.75) is 45.8 Å². The highest BCUT2D eigenvalue weighted by atomic mass is 35.5. The number of alkyl halides is 3. The van der Waals surface area contributed by atoms with Gasteiger partial charge in [0.15, 0.2) is 0 Å². The number of rotatable bonds is 7. The van der Waals surface area contributed by atoms with Gasteiger partial charge in [-0.15, -0.1) is 0 Å². The van der Waals surface area contributed by atoms with Crippen LogP contribution in [0, 0.1) is 11.8 Å². The fraction of sp³-hybridized carbons (Fsp3) is 0.458. The van der Waals surface area contributed by atoms with E-state index in [0.717, 1.165) is 17.8 Å². The average molecular weight is 497 g/mol. The Balaban J connectivity index is 1.50. The molecule has 0 aliphatic carbocycles. The highest BCUT2D eigenvalue weighted by Crippen LogP contribution is 2.34. The van der Waals surface area contributed by atoms with Gasteiger partial charge in [0.2, 0.25) is 11.8 Å². The number of carbonyl (C=O) groups excluding carboxylic acids is 2. The van der Waals surface area contributed by atoms with Crippen LogP contribution >= 0.6 is 11.6 Å². The minimum Gasteiger partial charge on any atom is -0.355 e. The molecule has 0 bridgehead atoms. The van der Waals surface area contributed by atoms with Crippen LogP contribution in [0.5, 0.6) is 0 Å². The van der Waals surface area contributed by atoms with Gasteiger partial charge in [0.1, 0.15) is 5.82 Å². The van der Waals surface area contributed by atoms with Crippen molar-refractivity contribution in [3.8, 4) is 0 Å². The zero-order valence-electron chi connectivity index (χ0n) is 19.1. The summed E-state index contributed by atoms with van der Waals surface area (Å²) in [6.45, 7) is 5.22. The van der Waals surface area contributed by atoms with Crippen LogP contribution < -0.4 is 15.5 Å². The van der Waals surface area contributed by atoms with Gasteiger partial charge in [0.25, 0.3) is 0 Å². The molecule has 2 aromatic rings. The number of hydrogen-bond donors (Lipinski definition) is 2. The Morgan fingerprint density at radius 1 is 1.21 bits per heavy atom. The highest BCUT2D eigenvalue weighted by Gasteiger charge is 2.33. The number of anilines is 2. The van der Waals surface area contributed by atoms with Gasteiger partial charge in [-0.25, -0.2) is 4.98 Å². The molecule has 3 rings (SSSR count).